The molecule has 0 aliphatic heterocycles. The predicted octanol–water partition coefficient (Wildman–Crippen LogP) is 2.93. The minimum absolute atomic E-state index is 0.148. The van der Waals surface area contributed by atoms with Crippen molar-refractivity contribution in [2.45, 2.75) is 5.38 Å². The number of hydrogen-bond donors (Lipinski definition) is 0. The van der Waals surface area contributed by atoms with Gasteiger partial charge in [-0.1, -0.05) is 0 Å². The zero-order valence-electron chi connectivity index (χ0n) is 7.69. The van der Waals surface area contributed by atoms with Gasteiger partial charge in [-0.25, -0.2) is 0 Å². The summed E-state index contributed by atoms with van der Waals surface area (Å²) in [5, 5.41) is 16.4. The molecule has 0 atom stereocenters. The largest absolute Gasteiger partial charge is 0.351 e. The average Bonchev–Trinajstić information content (AvgIpc) is 2.15. The van der Waals surface area contributed by atoms with E-state index in [9.17, 15) is 33.4 Å². The van der Waals surface area contributed by atoms with Gasteiger partial charge in [0.05, 0.1) is 21.5 Å². The van der Waals surface area contributed by atoms with Gasteiger partial charge in [0.25, 0.3) is 5.69 Å². The van der Waals surface area contributed by atoms with Crippen molar-refractivity contribution in [3.8, 4) is 0 Å². The molecule has 92 valence electrons. The Hall–Kier alpha value is -1.90. The average molecular weight is 271 g/mol. The molecular weight excluding hydrogens is 269 g/mol. The summed E-state index contributed by atoms with van der Waals surface area (Å²) >= 11 is 4.50. The highest BCUT2D eigenvalue weighted by molar-refractivity contribution is 6.21. The van der Waals surface area contributed by atoms with Crippen LogP contribution in [0.2, 0.25) is 0 Å². The van der Waals surface area contributed by atoms with Crippen LogP contribution in [0.25, 0.3) is 0 Å². The number of nitro groups is 2. The van der Waals surface area contributed by atoms with Crippen LogP contribution >= 0.6 is 11.6 Å². The molecule has 1 aromatic carbocycles. The molecule has 0 aliphatic rings. The topological polar surface area (TPSA) is 86.3 Å². The Bertz CT molecular complexity index is 503. The maximum Gasteiger partial charge on any atom is 0.351 e. The monoisotopic (exact) mass is 270 g/mol. The van der Waals surface area contributed by atoms with E-state index in [1.165, 1.54) is 0 Å². The van der Waals surface area contributed by atoms with Crippen LogP contribution < -0.4 is 0 Å². The van der Waals surface area contributed by atoms with E-state index < -0.39 is 38.0 Å². The molecule has 6 nitrogen and oxygen atoms in total. The second-order valence-corrected chi connectivity index (χ2v) is 3.31. The summed E-state index contributed by atoms with van der Waals surface area (Å²) in [4.78, 5) is 18.1. The minimum atomic E-state index is -4.28. The molecule has 0 saturated heterocycles. The summed E-state index contributed by atoms with van der Waals surface area (Å²) in [7, 11) is 0. The van der Waals surface area contributed by atoms with Crippen LogP contribution in [0.5, 0.6) is 0 Å². The smallest absolute Gasteiger partial charge is 0.258 e. The zero-order valence-corrected chi connectivity index (χ0v) is 8.45. The van der Waals surface area contributed by atoms with Gasteiger partial charge in [0.1, 0.15) is 0 Å². The fraction of sp³-hybridized carbons (Fsp3) is 0.143. The van der Waals surface area contributed by atoms with Gasteiger partial charge in [-0.05, 0) is 11.6 Å². The second-order valence-electron chi connectivity index (χ2n) is 2.84. The lowest BCUT2D eigenvalue weighted by Gasteiger charge is -2.08. The fourth-order valence-electron chi connectivity index (χ4n) is 1.04. The van der Waals surface area contributed by atoms with Crippen molar-refractivity contribution in [3.05, 3.63) is 43.7 Å². The number of rotatable bonds is 3. The summed E-state index contributed by atoms with van der Waals surface area (Å²) in [5.74, 6) is -1.90. The molecule has 0 spiro atoms. The number of benzene rings is 1. The Morgan fingerprint density at radius 1 is 1.18 bits per heavy atom. The fourth-order valence-corrected chi connectivity index (χ4v) is 1.18. The molecule has 17 heavy (non-hydrogen) atoms. The van der Waals surface area contributed by atoms with Gasteiger partial charge in [0.15, 0.2) is 0 Å². The van der Waals surface area contributed by atoms with Crippen molar-refractivity contribution in [2.24, 2.45) is 0 Å². The van der Waals surface area contributed by atoms with Gasteiger partial charge in [0.2, 0.25) is 5.82 Å². The number of non-ortho nitro benzene ring substituents is 1. The molecular formula is C7H2ClF3N2O4. The van der Waals surface area contributed by atoms with Crippen LogP contribution in [0.4, 0.5) is 24.5 Å². The van der Waals surface area contributed by atoms with Crippen molar-refractivity contribution < 1.29 is 23.0 Å². The van der Waals surface area contributed by atoms with Gasteiger partial charge >= 0.3 is 11.1 Å². The highest BCUT2D eigenvalue weighted by Crippen LogP contribution is 2.39. The van der Waals surface area contributed by atoms with Crippen LogP contribution in [0.15, 0.2) is 12.1 Å². The standard InChI is InChI=1S/C7H2ClF3N2O4/c8-7(10,11)4-1-3(12(14)15)2-5(6(4)9)13(16)17/h1-2H. The quantitative estimate of drug-likeness (QED) is 0.480. The van der Waals surface area contributed by atoms with E-state index in [-0.39, 0.29) is 12.1 Å². The van der Waals surface area contributed by atoms with Crippen molar-refractivity contribution in [1.29, 1.82) is 0 Å². The third kappa shape index (κ3) is 2.61. The molecule has 0 radical (unpaired) electrons. The number of hydrogen-bond acceptors (Lipinski definition) is 4. The first kappa shape index (κ1) is 13.2. The molecule has 0 aromatic heterocycles. The molecule has 0 bridgehead atoms. The number of nitro benzene ring substituents is 2. The van der Waals surface area contributed by atoms with E-state index in [0.29, 0.717) is 0 Å². The summed E-state index contributed by atoms with van der Waals surface area (Å²) in [6.45, 7) is 0. The highest BCUT2D eigenvalue weighted by Gasteiger charge is 2.38. The third-order valence-corrected chi connectivity index (χ3v) is 1.95. The SMILES string of the molecule is O=[N+]([O-])c1cc([N+](=O)[O-])c(F)c(C(F)(F)Cl)c1. The van der Waals surface area contributed by atoms with Gasteiger partial charge in [-0.2, -0.15) is 13.2 Å². The predicted molar refractivity (Wildman–Crippen MR) is 49.5 cm³/mol. The van der Waals surface area contributed by atoms with Crippen LogP contribution in [-0.4, -0.2) is 9.85 Å². The zero-order chi connectivity index (χ0) is 13.4. The Balaban J connectivity index is 3.60. The maximum absolute atomic E-state index is 13.2. The molecule has 0 N–H and O–H groups in total. The first-order chi connectivity index (χ1) is 7.64. The Morgan fingerprint density at radius 3 is 2.06 bits per heavy atom. The van der Waals surface area contributed by atoms with Crippen molar-refractivity contribution >= 4 is 23.0 Å². The van der Waals surface area contributed by atoms with Crippen LogP contribution in [0.3, 0.4) is 0 Å². The summed E-state index contributed by atoms with van der Waals surface area (Å²) in [5.41, 5.74) is -4.09. The van der Waals surface area contributed by atoms with Crippen LogP contribution in [0.1, 0.15) is 5.56 Å². The lowest BCUT2D eigenvalue weighted by atomic mass is 10.1. The summed E-state index contributed by atoms with van der Waals surface area (Å²) < 4.78 is 38.6. The van der Waals surface area contributed by atoms with E-state index in [1.807, 2.05) is 0 Å². The van der Waals surface area contributed by atoms with Gasteiger partial charge in [-0.3, -0.25) is 20.2 Å². The van der Waals surface area contributed by atoms with E-state index in [0.717, 1.165) is 0 Å². The molecule has 1 aromatic rings. The highest BCUT2D eigenvalue weighted by atomic mass is 35.5. The molecule has 0 heterocycles. The third-order valence-electron chi connectivity index (χ3n) is 1.75. The second kappa shape index (κ2) is 4.17. The Kier molecular flexibility index (Phi) is 3.23. The van der Waals surface area contributed by atoms with E-state index in [4.69, 9.17) is 0 Å². The normalized spacial score (nSPS) is 11.3. The Morgan fingerprint density at radius 2 is 1.71 bits per heavy atom. The van der Waals surface area contributed by atoms with Crippen molar-refractivity contribution in [1.82, 2.24) is 0 Å². The molecule has 0 fully saturated rings. The maximum atomic E-state index is 13.2. The molecule has 10 heteroatoms. The number of nitrogens with zero attached hydrogens (tertiary/aromatic N) is 2. The van der Waals surface area contributed by atoms with Gasteiger partial charge < -0.3 is 0 Å². The van der Waals surface area contributed by atoms with Crippen molar-refractivity contribution in [3.63, 3.8) is 0 Å². The molecule has 0 amide bonds. The Labute approximate surface area is 95.9 Å². The van der Waals surface area contributed by atoms with E-state index >= 15 is 0 Å². The molecule has 1 rings (SSSR count). The lowest BCUT2D eigenvalue weighted by molar-refractivity contribution is -0.396. The van der Waals surface area contributed by atoms with Crippen molar-refractivity contribution in [2.75, 3.05) is 0 Å². The molecule has 0 saturated carbocycles. The summed E-state index contributed by atoms with van der Waals surface area (Å²) in [6, 6.07) is 0.386. The number of halogens is 4. The minimum Gasteiger partial charge on any atom is -0.258 e. The lowest BCUT2D eigenvalue weighted by Crippen LogP contribution is -2.09. The molecule has 0 aliphatic carbocycles. The van der Waals surface area contributed by atoms with Gasteiger partial charge in [-0.15, -0.1) is 0 Å². The van der Waals surface area contributed by atoms with Crippen LogP contribution in [0, 0.1) is 26.0 Å². The van der Waals surface area contributed by atoms with Crippen LogP contribution in [-0.2, 0) is 5.38 Å². The first-order valence-electron chi connectivity index (χ1n) is 3.84. The van der Waals surface area contributed by atoms with E-state index in [1.54, 1.807) is 0 Å². The van der Waals surface area contributed by atoms with Gasteiger partial charge in [0, 0.05) is 6.07 Å². The first-order valence-corrected chi connectivity index (χ1v) is 4.22. The number of alkyl halides is 3. The van der Waals surface area contributed by atoms with E-state index in [2.05, 4.69) is 11.6 Å². The molecule has 0 unspecified atom stereocenters. The summed E-state index contributed by atoms with van der Waals surface area (Å²) in [6.07, 6.45) is 0.